The molecule has 0 aromatic heterocycles. The van der Waals surface area contributed by atoms with Gasteiger partial charge in [-0.05, 0) is 56.5 Å². The average molecular weight is 489 g/mol. The first-order chi connectivity index (χ1) is 17.5. The molecule has 1 unspecified atom stereocenters. The maximum absolute atomic E-state index is 14.0. The SMILES string of the molecule is Cc1ccc(C2CC(=O)Nc3cc(C(=O)N4CCCNCC4)ccc3N2C(=O)C2CCCCC2)cc1. The van der Waals surface area contributed by atoms with Crippen LogP contribution < -0.4 is 15.5 Å². The first-order valence-electron chi connectivity index (χ1n) is 13.3. The number of hydrogen-bond donors (Lipinski definition) is 2. The molecule has 2 heterocycles. The van der Waals surface area contributed by atoms with Gasteiger partial charge in [-0.3, -0.25) is 14.4 Å². The van der Waals surface area contributed by atoms with E-state index in [1.165, 1.54) is 6.42 Å². The first-order valence-corrected chi connectivity index (χ1v) is 13.3. The summed E-state index contributed by atoms with van der Waals surface area (Å²) in [5.74, 6) is -0.154. The lowest BCUT2D eigenvalue weighted by Crippen LogP contribution is -2.40. The Morgan fingerprint density at radius 2 is 1.69 bits per heavy atom. The molecule has 0 spiro atoms. The van der Waals surface area contributed by atoms with Crippen LogP contribution in [0.5, 0.6) is 0 Å². The van der Waals surface area contributed by atoms with E-state index in [1.807, 2.05) is 53.1 Å². The van der Waals surface area contributed by atoms with Crippen LogP contribution in [-0.4, -0.2) is 48.8 Å². The minimum Gasteiger partial charge on any atom is -0.337 e. The molecule has 5 rings (SSSR count). The molecule has 2 aliphatic heterocycles. The Balaban J connectivity index is 1.54. The molecule has 1 atom stereocenters. The van der Waals surface area contributed by atoms with Crippen molar-refractivity contribution in [2.45, 2.75) is 57.9 Å². The maximum Gasteiger partial charge on any atom is 0.253 e. The molecule has 7 heteroatoms. The molecule has 190 valence electrons. The van der Waals surface area contributed by atoms with Crippen LogP contribution in [0.3, 0.4) is 0 Å². The number of carbonyl (C=O) groups is 3. The average Bonchev–Trinajstić information content (AvgIpc) is 3.26. The molecule has 2 fully saturated rings. The third-order valence-electron chi connectivity index (χ3n) is 7.75. The van der Waals surface area contributed by atoms with Crippen LogP contribution in [0.25, 0.3) is 0 Å². The highest BCUT2D eigenvalue weighted by Gasteiger charge is 2.37. The van der Waals surface area contributed by atoms with E-state index in [4.69, 9.17) is 0 Å². The van der Waals surface area contributed by atoms with E-state index in [9.17, 15) is 14.4 Å². The van der Waals surface area contributed by atoms with Gasteiger partial charge in [0.25, 0.3) is 5.91 Å². The molecule has 7 nitrogen and oxygen atoms in total. The Kier molecular flexibility index (Phi) is 7.37. The number of fused-ring (bicyclic) bond motifs is 1. The Bertz CT molecular complexity index is 1120. The summed E-state index contributed by atoms with van der Waals surface area (Å²) in [6.07, 6.45) is 6.13. The largest absolute Gasteiger partial charge is 0.337 e. The number of carbonyl (C=O) groups excluding carboxylic acids is 3. The zero-order chi connectivity index (χ0) is 25.1. The monoisotopic (exact) mass is 488 g/mol. The van der Waals surface area contributed by atoms with Gasteiger partial charge in [0.2, 0.25) is 11.8 Å². The number of hydrogen-bond acceptors (Lipinski definition) is 4. The third-order valence-corrected chi connectivity index (χ3v) is 7.75. The number of benzene rings is 2. The van der Waals surface area contributed by atoms with Gasteiger partial charge in [0.1, 0.15) is 0 Å². The molecular weight excluding hydrogens is 452 g/mol. The highest BCUT2D eigenvalue weighted by Crippen LogP contribution is 2.41. The van der Waals surface area contributed by atoms with E-state index in [-0.39, 0.29) is 36.1 Å². The van der Waals surface area contributed by atoms with Crippen molar-refractivity contribution < 1.29 is 14.4 Å². The number of nitrogens with zero attached hydrogens (tertiary/aromatic N) is 2. The van der Waals surface area contributed by atoms with E-state index in [2.05, 4.69) is 10.6 Å². The summed E-state index contributed by atoms with van der Waals surface area (Å²) in [4.78, 5) is 44.1. The summed E-state index contributed by atoms with van der Waals surface area (Å²) in [5.41, 5.74) is 3.84. The molecule has 0 radical (unpaired) electrons. The van der Waals surface area contributed by atoms with Gasteiger partial charge in [-0.25, -0.2) is 0 Å². The molecule has 2 aromatic carbocycles. The van der Waals surface area contributed by atoms with Crippen molar-refractivity contribution in [3.63, 3.8) is 0 Å². The number of aryl methyl sites for hydroxylation is 1. The number of anilines is 2. The molecule has 1 aliphatic carbocycles. The van der Waals surface area contributed by atoms with Gasteiger partial charge < -0.3 is 20.4 Å². The standard InChI is InChI=1S/C29H36N4O3/c1-20-8-10-21(11-9-20)26-19-27(34)31-24-18-23(28(35)32-16-5-14-30-15-17-32)12-13-25(24)33(26)29(36)22-6-3-2-4-7-22/h8-13,18,22,26,30H,2-7,14-17,19H2,1H3,(H,31,34). The van der Waals surface area contributed by atoms with Crippen LogP contribution in [0.2, 0.25) is 0 Å². The highest BCUT2D eigenvalue weighted by atomic mass is 16.2. The van der Waals surface area contributed by atoms with Crippen molar-refractivity contribution in [1.29, 1.82) is 0 Å². The van der Waals surface area contributed by atoms with Crippen LogP contribution in [0.15, 0.2) is 42.5 Å². The van der Waals surface area contributed by atoms with Crippen LogP contribution in [0, 0.1) is 12.8 Å². The summed E-state index contributed by atoms with van der Waals surface area (Å²) in [5, 5.41) is 6.34. The van der Waals surface area contributed by atoms with Crippen molar-refractivity contribution in [3.8, 4) is 0 Å². The minimum absolute atomic E-state index is 0.0414. The molecule has 2 N–H and O–H groups in total. The predicted molar refractivity (Wildman–Crippen MR) is 141 cm³/mol. The van der Waals surface area contributed by atoms with Crippen LogP contribution in [-0.2, 0) is 9.59 Å². The summed E-state index contributed by atoms with van der Waals surface area (Å²) in [7, 11) is 0. The second-order valence-corrected chi connectivity index (χ2v) is 10.3. The number of amides is 3. The number of nitrogens with one attached hydrogen (secondary N) is 2. The van der Waals surface area contributed by atoms with E-state index in [0.717, 1.165) is 56.3 Å². The molecule has 2 aromatic rings. The molecular formula is C29H36N4O3. The molecule has 3 amide bonds. The third kappa shape index (κ3) is 5.16. The fourth-order valence-corrected chi connectivity index (χ4v) is 5.72. The van der Waals surface area contributed by atoms with Crippen LogP contribution in [0.1, 0.15) is 72.5 Å². The topological polar surface area (TPSA) is 81.8 Å². The zero-order valence-corrected chi connectivity index (χ0v) is 21.1. The molecule has 1 saturated heterocycles. The Hall–Kier alpha value is -3.19. The summed E-state index contributed by atoms with van der Waals surface area (Å²) < 4.78 is 0. The van der Waals surface area contributed by atoms with E-state index >= 15 is 0 Å². The lowest BCUT2D eigenvalue weighted by Gasteiger charge is -2.35. The van der Waals surface area contributed by atoms with Crippen molar-refractivity contribution in [2.24, 2.45) is 5.92 Å². The quantitative estimate of drug-likeness (QED) is 0.670. The second kappa shape index (κ2) is 10.8. The fraction of sp³-hybridized carbons (Fsp3) is 0.483. The Morgan fingerprint density at radius 1 is 0.917 bits per heavy atom. The first kappa shape index (κ1) is 24.5. The van der Waals surface area contributed by atoms with E-state index in [1.54, 1.807) is 6.07 Å². The summed E-state index contributed by atoms with van der Waals surface area (Å²) in [6, 6.07) is 13.1. The number of rotatable bonds is 3. The molecule has 3 aliphatic rings. The molecule has 0 bridgehead atoms. The normalized spacial score (nSPS) is 21.2. The zero-order valence-electron chi connectivity index (χ0n) is 21.1. The second-order valence-electron chi connectivity index (χ2n) is 10.3. The smallest absolute Gasteiger partial charge is 0.253 e. The lowest BCUT2D eigenvalue weighted by molar-refractivity contribution is -0.124. The van der Waals surface area contributed by atoms with Crippen molar-refractivity contribution in [2.75, 3.05) is 36.4 Å². The van der Waals surface area contributed by atoms with Crippen molar-refractivity contribution in [3.05, 3.63) is 59.2 Å². The van der Waals surface area contributed by atoms with Gasteiger partial charge in [0, 0.05) is 31.1 Å². The highest BCUT2D eigenvalue weighted by molar-refractivity contribution is 6.07. The Labute approximate surface area is 213 Å². The Morgan fingerprint density at radius 3 is 2.47 bits per heavy atom. The van der Waals surface area contributed by atoms with E-state index in [0.29, 0.717) is 30.0 Å². The summed E-state index contributed by atoms with van der Waals surface area (Å²) >= 11 is 0. The fourth-order valence-electron chi connectivity index (χ4n) is 5.72. The van der Waals surface area contributed by atoms with Gasteiger partial charge in [0.05, 0.1) is 23.8 Å². The van der Waals surface area contributed by atoms with Crippen molar-refractivity contribution in [1.82, 2.24) is 10.2 Å². The molecule has 1 saturated carbocycles. The van der Waals surface area contributed by atoms with Crippen LogP contribution in [0.4, 0.5) is 11.4 Å². The lowest BCUT2D eigenvalue weighted by atomic mass is 9.87. The predicted octanol–water partition coefficient (Wildman–Crippen LogP) is 4.43. The maximum atomic E-state index is 14.0. The summed E-state index contributed by atoms with van der Waals surface area (Å²) in [6.45, 7) is 5.07. The van der Waals surface area contributed by atoms with Crippen LogP contribution >= 0.6 is 0 Å². The van der Waals surface area contributed by atoms with E-state index < -0.39 is 0 Å². The molecule has 36 heavy (non-hydrogen) atoms. The van der Waals surface area contributed by atoms with Gasteiger partial charge in [-0.1, -0.05) is 49.1 Å². The van der Waals surface area contributed by atoms with Gasteiger partial charge >= 0.3 is 0 Å². The van der Waals surface area contributed by atoms with Gasteiger partial charge in [0.15, 0.2) is 0 Å². The van der Waals surface area contributed by atoms with Gasteiger partial charge in [-0.15, -0.1) is 0 Å². The minimum atomic E-state index is -0.389. The van der Waals surface area contributed by atoms with Gasteiger partial charge in [-0.2, -0.15) is 0 Å². The van der Waals surface area contributed by atoms with Crippen molar-refractivity contribution >= 4 is 29.1 Å².